The van der Waals surface area contributed by atoms with E-state index in [1.54, 1.807) is 0 Å². The molecule has 0 saturated carbocycles. The fraction of sp³-hybridized carbons (Fsp3) is 1.00. The zero-order valence-corrected chi connectivity index (χ0v) is 3.95. The smallest absolute Gasteiger partial charge is 0.224 e. The maximum Gasteiger partial charge on any atom is 0.350 e. The molecule has 0 heterocycles. The van der Waals surface area contributed by atoms with Gasteiger partial charge in [-0.25, -0.2) is 13.6 Å². The second kappa shape index (κ2) is 1.71. The third kappa shape index (κ3) is 2.46. The highest BCUT2D eigenvalue weighted by Gasteiger charge is 2.16. The van der Waals surface area contributed by atoms with Crippen molar-refractivity contribution < 1.29 is 17.2 Å². The van der Waals surface area contributed by atoms with E-state index in [1.807, 2.05) is 0 Å². The van der Waals surface area contributed by atoms with Crippen molar-refractivity contribution >= 4 is 10.0 Å². The zero-order valence-electron chi connectivity index (χ0n) is 3.14. The molecule has 0 radical (unpaired) electrons. The first-order valence-corrected chi connectivity index (χ1v) is 2.85. The highest BCUT2D eigenvalue weighted by molar-refractivity contribution is 7.89. The van der Waals surface area contributed by atoms with Crippen molar-refractivity contribution in [1.29, 1.82) is 0 Å². The molecule has 2 N–H and O–H groups in total. The van der Waals surface area contributed by atoms with E-state index in [0.29, 0.717) is 0 Å². The number of nitrogens with two attached hydrogens (primary N) is 1. The Morgan fingerprint density at radius 2 is 1.57 bits per heavy atom. The SMILES string of the molecule is NS(=O)(=O)C(F)F. The van der Waals surface area contributed by atoms with Crippen molar-refractivity contribution in [2.24, 2.45) is 5.14 Å². The third-order valence-corrected chi connectivity index (χ3v) is 0.745. The van der Waals surface area contributed by atoms with E-state index in [0.717, 1.165) is 0 Å². The van der Waals surface area contributed by atoms with E-state index in [-0.39, 0.29) is 0 Å². The van der Waals surface area contributed by atoms with Gasteiger partial charge in [0.05, 0.1) is 0 Å². The third-order valence-electron chi connectivity index (χ3n) is 0.248. The van der Waals surface area contributed by atoms with Crippen LogP contribution >= 0.6 is 0 Å². The summed E-state index contributed by atoms with van der Waals surface area (Å²) in [4.78, 5) is 0. The molecule has 0 spiro atoms. The summed E-state index contributed by atoms with van der Waals surface area (Å²) >= 11 is 0. The van der Waals surface area contributed by atoms with Crippen molar-refractivity contribution in [3.05, 3.63) is 0 Å². The van der Waals surface area contributed by atoms with E-state index < -0.39 is 15.8 Å². The highest BCUT2D eigenvalue weighted by atomic mass is 32.2. The standard InChI is InChI=1S/CH3F2NO2S/c2-1(3)7(4,5)6/h1H,(H2,4,5,6). The summed E-state index contributed by atoms with van der Waals surface area (Å²) in [5.41, 5.74) is 0. The molecule has 6 heteroatoms. The van der Waals surface area contributed by atoms with E-state index in [9.17, 15) is 17.2 Å². The molecule has 0 aromatic heterocycles. The van der Waals surface area contributed by atoms with E-state index in [1.165, 1.54) is 0 Å². The summed E-state index contributed by atoms with van der Waals surface area (Å²) in [5, 5.41) is 3.90. The number of alkyl halides is 2. The van der Waals surface area contributed by atoms with Crippen LogP contribution in [0, 0.1) is 0 Å². The molecule has 0 aliphatic heterocycles. The number of primary sulfonamides is 1. The fourth-order valence-electron chi connectivity index (χ4n) is 0. The lowest BCUT2D eigenvalue weighted by Gasteiger charge is -1.88. The van der Waals surface area contributed by atoms with E-state index in [2.05, 4.69) is 5.14 Å². The predicted molar refractivity (Wildman–Crippen MR) is 19.1 cm³/mol. The van der Waals surface area contributed by atoms with Crippen LogP contribution in [0.2, 0.25) is 0 Å². The van der Waals surface area contributed by atoms with Gasteiger partial charge in [-0.15, -0.1) is 0 Å². The van der Waals surface area contributed by atoms with E-state index >= 15 is 0 Å². The predicted octanol–water partition coefficient (Wildman–Crippen LogP) is -0.502. The number of hydrogen-bond donors (Lipinski definition) is 1. The summed E-state index contributed by atoms with van der Waals surface area (Å²) < 4.78 is 40.4. The molecule has 0 aromatic rings. The van der Waals surface area contributed by atoms with Gasteiger partial charge in [0.25, 0.3) is 10.0 Å². The topological polar surface area (TPSA) is 60.2 Å². The van der Waals surface area contributed by atoms with Gasteiger partial charge in [-0.05, 0) is 0 Å². The normalized spacial score (nSPS) is 12.6. The van der Waals surface area contributed by atoms with Gasteiger partial charge >= 0.3 is 5.76 Å². The Hall–Kier alpha value is -0.230. The molecule has 0 saturated heterocycles. The van der Waals surface area contributed by atoms with Gasteiger partial charge in [-0.2, -0.15) is 8.78 Å². The summed E-state index contributed by atoms with van der Waals surface area (Å²) in [6.07, 6.45) is 0. The molecule has 0 aromatic carbocycles. The van der Waals surface area contributed by atoms with Crippen LogP contribution in [0.1, 0.15) is 0 Å². The van der Waals surface area contributed by atoms with E-state index in [4.69, 9.17) is 0 Å². The number of halogens is 2. The first kappa shape index (κ1) is 6.77. The molecule has 0 bridgehead atoms. The molecule has 0 amide bonds. The maximum atomic E-state index is 10.8. The second-order valence-electron chi connectivity index (χ2n) is 0.850. The minimum atomic E-state index is -4.57. The largest absolute Gasteiger partial charge is 0.350 e. The van der Waals surface area contributed by atoms with Crippen LogP contribution in [0.5, 0.6) is 0 Å². The first-order valence-electron chi connectivity index (χ1n) is 1.24. The Labute approximate surface area is 39.2 Å². The van der Waals surface area contributed by atoms with Crippen molar-refractivity contribution in [2.45, 2.75) is 5.76 Å². The summed E-state index contributed by atoms with van der Waals surface area (Å²) in [7, 11) is -4.57. The van der Waals surface area contributed by atoms with Crippen LogP contribution in [-0.2, 0) is 10.0 Å². The fourth-order valence-corrected chi connectivity index (χ4v) is 0. The van der Waals surface area contributed by atoms with Crippen molar-refractivity contribution in [2.75, 3.05) is 0 Å². The Kier molecular flexibility index (Phi) is 1.65. The van der Waals surface area contributed by atoms with Gasteiger partial charge in [-0.3, -0.25) is 0 Å². The molecule has 0 atom stereocenters. The second-order valence-corrected chi connectivity index (χ2v) is 2.38. The molecule has 44 valence electrons. The van der Waals surface area contributed by atoms with Crippen molar-refractivity contribution in [1.82, 2.24) is 0 Å². The average Bonchev–Trinajstić information content (AvgIpc) is 1.31. The average molecular weight is 131 g/mol. The molecule has 0 aliphatic rings. The Morgan fingerprint density at radius 1 is 1.43 bits per heavy atom. The lowest BCUT2D eigenvalue weighted by molar-refractivity contribution is 0.235. The molecule has 0 rings (SSSR count). The van der Waals surface area contributed by atoms with Gasteiger partial charge in [0.1, 0.15) is 0 Å². The Bertz CT molecular complexity index is 138. The quantitative estimate of drug-likeness (QED) is 0.521. The molecular formula is CH3F2NO2S. The van der Waals surface area contributed by atoms with Crippen molar-refractivity contribution in [3.8, 4) is 0 Å². The number of rotatable bonds is 1. The van der Waals surface area contributed by atoms with Gasteiger partial charge in [-0.1, -0.05) is 0 Å². The van der Waals surface area contributed by atoms with Gasteiger partial charge in [0, 0.05) is 0 Å². The van der Waals surface area contributed by atoms with Crippen LogP contribution in [0.15, 0.2) is 0 Å². The Morgan fingerprint density at radius 3 is 1.57 bits per heavy atom. The summed E-state index contributed by atoms with van der Waals surface area (Å²) in [6, 6.07) is 0. The summed E-state index contributed by atoms with van der Waals surface area (Å²) in [6.45, 7) is 0. The Balaban J connectivity index is 4.10. The van der Waals surface area contributed by atoms with Crippen LogP contribution in [0.4, 0.5) is 8.78 Å². The summed E-state index contributed by atoms with van der Waals surface area (Å²) in [5.74, 6) is -3.45. The van der Waals surface area contributed by atoms with Crippen LogP contribution < -0.4 is 5.14 Å². The molecule has 7 heavy (non-hydrogen) atoms. The van der Waals surface area contributed by atoms with Crippen molar-refractivity contribution in [3.63, 3.8) is 0 Å². The lowest BCUT2D eigenvalue weighted by atomic mass is 11.7. The first-order chi connectivity index (χ1) is 2.94. The monoisotopic (exact) mass is 131 g/mol. The number of sulfonamides is 1. The minimum absolute atomic E-state index is 3.45. The molecule has 0 unspecified atom stereocenters. The minimum Gasteiger partial charge on any atom is -0.224 e. The maximum absolute atomic E-state index is 10.8. The molecule has 3 nitrogen and oxygen atoms in total. The molecule has 0 fully saturated rings. The molecule has 0 aliphatic carbocycles. The van der Waals surface area contributed by atoms with Gasteiger partial charge < -0.3 is 0 Å². The number of hydrogen-bond acceptors (Lipinski definition) is 2. The van der Waals surface area contributed by atoms with Gasteiger partial charge in [0.15, 0.2) is 0 Å². The molecular weight excluding hydrogens is 128 g/mol. The zero-order chi connectivity index (χ0) is 6.08. The van der Waals surface area contributed by atoms with Crippen LogP contribution in [0.3, 0.4) is 0 Å². The lowest BCUT2D eigenvalue weighted by Crippen LogP contribution is -2.20. The van der Waals surface area contributed by atoms with Crippen LogP contribution in [0.25, 0.3) is 0 Å². The van der Waals surface area contributed by atoms with Gasteiger partial charge in [0.2, 0.25) is 0 Å². The van der Waals surface area contributed by atoms with Crippen LogP contribution in [-0.4, -0.2) is 14.2 Å². The highest BCUT2D eigenvalue weighted by Crippen LogP contribution is 1.95.